The third-order valence-electron chi connectivity index (χ3n) is 20.9. The summed E-state index contributed by atoms with van der Waals surface area (Å²) >= 11 is 0. The molecule has 3 saturated carbocycles. The molecule has 396 valence electrons. The standard InChI is InChI=1S/3C21H32.C3H8.2C2H6/c3*1-6-20(4)12-7-13-21(5)18-10-8-16(15(2)3)14-17(18)9-11-19(20)21;1-3-2;2*1-2/h3*8,10,14-15,19H,6-7,9,11-13H2,1-5H3;3H2,1-2H3;2*1-2H3. The predicted molar refractivity (Wildman–Crippen MR) is 314 cm³/mol. The number of hydrogen-bond acceptors (Lipinski definition) is 0. The molecule has 0 amide bonds. The summed E-state index contributed by atoms with van der Waals surface area (Å²) in [4.78, 5) is 0. The normalized spacial score (nSPS) is 32.3. The molecule has 6 aliphatic carbocycles. The molecule has 0 bridgehead atoms. The third kappa shape index (κ3) is 12.1. The topological polar surface area (TPSA) is 0 Å². The van der Waals surface area contributed by atoms with Gasteiger partial charge in [0.1, 0.15) is 0 Å². The largest absolute Gasteiger partial charge is 0.0683 e. The van der Waals surface area contributed by atoms with Gasteiger partial charge in [0.2, 0.25) is 0 Å². The quantitative estimate of drug-likeness (QED) is 0.231. The SMILES string of the molecule is CC.CC.CCC.CCC1(C)CCCC2(C)c3ccc(C(C)C)cc3CCC12.CCC1(C)CCCC2(C)c3ccc(C(C)C)cc3CCC12.CCC1(C)CCCC2(C)c3ccc(C(C)C)cc3CCC12. The van der Waals surface area contributed by atoms with E-state index in [-0.39, 0.29) is 0 Å². The van der Waals surface area contributed by atoms with E-state index in [4.69, 9.17) is 0 Å². The van der Waals surface area contributed by atoms with Crippen LogP contribution >= 0.6 is 0 Å². The van der Waals surface area contributed by atoms with Gasteiger partial charge in [-0.05, 0) is 195 Å². The van der Waals surface area contributed by atoms with Crippen LogP contribution in [-0.4, -0.2) is 0 Å². The summed E-state index contributed by atoms with van der Waals surface area (Å²) in [5.41, 5.74) is 17.5. The molecule has 0 aromatic heterocycles. The number of benzene rings is 3. The predicted octanol–water partition coefficient (Wildman–Crippen LogP) is 22.2. The van der Waals surface area contributed by atoms with Crippen molar-refractivity contribution in [3.63, 3.8) is 0 Å². The van der Waals surface area contributed by atoms with E-state index in [1.54, 1.807) is 33.4 Å². The van der Waals surface area contributed by atoms with E-state index >= 15 is 0 Å². The number of fused-ring (bicyclic) bond motifs is 9. The van der Waals surface area contributed by atoms with Gasteiger partial charge in [0, 0.05) is 0 Å². The Morgan fingerprint density at radius 3 is 0.814 bits per heavy atom. The average Bonchev–Trinajstić information content (AvgIpc) is 3.35. The van der Waals surface area contributed by atoms with Crippen LogP contribution in [-0.2, 0) is 35.5 Å². The molecule has 0 nitrogen and oxygen atoms in total. The molecule has 0 saturated heterocycles. The molecule has 0 N–H and O–H groups in total. The summed E-state index contributed by atoms with van der Waals surface area (Å²) in [6, 6.07) is 22.2. The van der Waals surface area contributed by atoms with Crippen LogP contribution in [0.5, 0.6) is 0 Å². The molecular weight excluding hydrogens is 841 g/mol. The lowest BCUT2D eigenvalue weighted by Gasteiger charge is -2.55. The number of hydrogen-bond donors (Lipinski definition) is 0. The first-order valence-electron chi connectivity index (χ1n) is 30.5. The third-order valence-corrected chi connectivity index (χ3v) is 20.9. The molecular formula is C70H116. The Labute approximate surface area is 438 Å². The minimum atomic E-state index is 0.423. The second kappa shape index (κ2) is 25.3. The summed E-state index contributed by atoms with van der Waals surface area (Å²) < 4.78 is 0. The Hall–Kier alpha value is -2.34. The second-order valence-electron chi connectivity index (χ2n) is 26.0. The number of rotatable bonds is 6. The fourth-order valence-electron chi connectivity index (χ4n) is 16.3. The van der Waals surface area contributed by atoms with Gasteiger partial charge in [0.15, 0.2) is 0 Å². The molecule has 3 aromatic carbocycles. The second-order valence-corrected chi connectivity index (χ2v) is 26.0. The Morgan fingerprint density at radius 2 is 0.614 bits per heavy atom. The molecule has 3 aromatic rings. The molecule has 9 unspecified atom stereocenters. The van der Waals surface area contributed by atoms with E-state index in [1.807, 2.05) is 27.7 Å². The molecule has 9 rings (SSSR count). The van der Waals surface area contributed by atoms with Gasteiger partial charge < -0.3 is 0 Å². The zero-order valence-corrected chi connectivity index (χ0v) is 50.6. The zero-order valence-electron chi connectivity index (χ0n) is 50.6. The van der Waals surface area contributed by atoms with Gasteiger partial charge in [-0.1, -0.05) is 245 Å². The van der Waals surface area contributed by atoms with Gasteiger partial charge in [-0.3, -0.25) is 0 Å². The van der Waals surface area contributed by atoms with Crippen LogP contribution < -0.4 is 0 Å². The molecule has 0 radical (unpaired) electrons. The fourth-order valence-corrected chi connectivity index (χ4v) is 16.3. The summed E-state index contributed by atoms with van der Waals surface area (Å²) in [6.45, 7) is 48.7. The van der Waals surface area contributed by atoms with Crippen molar-refractivity contribution < 1.29 is 0 Å². The van der Waals surface area contributed by atoms with Crippen LogP contribution in [0, 0.1) is 34.0 Å². The van der Waals surface area contributed by atoms with E-state index < -0.39 is 0 Å². The molecule has 0 spiro atoms. The van der Waals surface area contributed by atoms with Gasteiger partial charge in [0.25, 0.3) is 0 Å². The van der Waals surface area contributed by atoms with Crippen molar-refractivity contribution in [1.29, 1.82) is 0 Å². The summed E-state index contributed by atoms with van der Waals surface area (Å²) in [5.74, 6) is 4.57. The van der Waals surface area contributed by atoms with Crippen molar-refractivity contribution in [2.45, 2.75) is 301 Å². The summed E-state index contributed by atoms with van der Waals surface area (Å²) in [5, 5.41) is 0. The Morgan fingerprint density at radius 1 is 0.386 bits per heavy atom. The average molecular weight is 958 g/mol. The monoisotopic (exact) mass is 957 g/mol. The van der Waals surface area contributed by atoms with E-state index in [0.717, 1.165) is 17.8 Å². The van der Waals surface area contributed by atoms with Crippen molar-refractivity contribution in [1.82, 2.24) is 0 Å². The van der Waals surface area contributed by atoms with E-state index in [9.17, 15) is 0 Å². The van der Waals surface area contributed by atoms with Crippen LogP contribution in [0.25, 0.3) is 0 Å². The number of aryl methyl sites for hydroxylation is 3. The van der Waals surface area contributed by atoms with Crippen LogP contribution in [0.1, 0.15) is 316 Å². The van der Waals surface area contributed by atoms with Crippen molar-refractivity contribution in [2.75, 3.05) is 0 Å². The Kier molecular flexibility index (Phi) is 21.7. The Balaban J connectivity index is 0.000000214. The van der Waals surface area contributed by atoms with Gasteiger partial charge in [-0.2, -0.15) is 0 Å². The first-order valence-corrected chi connectivity index (χ1v) is 30.5. The smallest absolute Gasteiger partial charge is 0.00390 e. The van der Waals surface area contributed by atoms with E-state index in [1.165, 1.54) is 139 Å². The van der Waals surface area contributed by atoms with Gasteiger partial charge >= 0.3 is 0 Å². The highest BCUT2D eigenvalue weighted by molar-refractivity contribution is 5.44. The van der Waals surface area contributed by atoms with E-state index in [2.05, 4.69) is 172 Å². The van der Waals surface area contributed by atoms with Gasteiger partial charge in [-0.15, -0.1) is 0 Å². The Bertz CT molecular complexity index is 1830. The maximum atomic E-state index is 2.57. The molecule has 6 aliphatic rings. The van der Waals surface area contributed by atoms with Crippen molar-refractivity contribution in [3.8, 4) is 0 Å². The minimum Gasteiger partial charge on any atom is -0.0683 e. The van der Waals surface area contributed by atoms with Gasteiger partial charge in [-0.25, -0.2) is 0 Å². The summed E-state index contributed by atoms with van der Waals surface area (Å²) in [6.07, 6.45) is 26.0. The highest BCUT2D eigenvalue weighted by Gasteiger charge is 2.53. The van der Waals surface area contributed by atoms with Crippen molar-refractivity contribution >= 4 is 0 Å². The van der Waals surface area contributed by atoms with Crippen LogP contribution in [0.4, 0.5) is 0 Å². The van der Waals surface area contributed by atoms with Crippen LogP contribution in [0.15, 0.2) is 54.6 Å². The van der Waals surface area contributed by atoms with E-state index in [0.29, 0.717) is 50.2 Å². The molecule has 9 atom stereocenters. The lowest BCUT2D eigenvalue weighted by atomic mass is 9.49. The maximum absolute atomic E-state index is 2.57. The molecule has 3 fully saturated rings. The van der Waals surface area contributed by atoms with Crippen molar-refractivity contribution in [2.24, 2.45) is 34.0 Å². The van der Waals surface area contributed by atoms with Crippen LogP contribution in [0.2, 0.25) is 0 Å². The fraction of sp³-hybridized carbons (Fsp3) is 0.743. The molecule has 0 aliphatic heterocycles. The lowest BCUT2D eigenvalue weighted by molar-refractivity contribution is 0.0225. The zero-order chi connectivity index (χ0) is 52.5. The van der Waals surface area contributed by atoms with Crippen molar-refractivity contribution in [3.05, 3.63) is 105 Å². The molecule has 0 heterocycles. The molecule has 0 heteroatoms. The first kappa shape index (κ1) is 60.2. The highest BCUT2D eigenvalue weighted by atomic mass is 14.6. The first-order chi connectivity index (χ1) is 33.1. The minimum absolute atomic E-state index is 0.423. The van der Waals surface area contributed by atoms with Gasteiger partial charge in [0.05, 0.1) is 0 Å². The maximum Gasteiger partial charge on any atom is -0.00390 e. The summed E-state index contributed by atoms with van der Waals surface area (Å²) in [7, 11) is 0. The highest BCUT2D eigenvalue weighted by Crippen LogP contribution is 2.61. The molecule has 70 heavy (non-hydrogen) atoms. The van der Waals surface area contributed by atoms with Crippen LogP contribution in [0.3, 0.4) is 0 Å². The lowest BCUT2D eigenvalue weighted by Crippen LogP contribution is -2.48.